The van der Waals surface area contributed by atoms with Crippen LogP contribution in [0.4, 0.5) is 0 Å². The second-order valence-corrected chi connectivity index (χ2v) is 4.55. The summed E-state index contributed by atoms with van der Waals surface area (Å²) in [5.41, 5.74) is -2.80. The minimum Gasteiger partial charge on any atom is -0.394 e. The first kappa shape index (κ1) is 17.7. The first-order chi connectivity index (χ1) is 8.56. The van der Waals surface area contributed by atoms with Gasteiger partial charge in [-0.05, 0) is 13.0 Å². The van der Waals surface area contributed by atoms with E-state index in [1.54, 1.807) is 0 Å². The number of hydrogen-bond donors (Lipinski definition) is 6. The Morgan fingerprint density at radius 2 is 0.944 bits per heavy atom. The van der Waals surface area contributed by atoms with Gasteiger partial charge in [-0.3, -0.25) is 4.90 Å². The highest BCUT2D eigenvalue weighted by molar-refractivity contribution is 5.01. The van der Waals surface area contributed by atoms with Crippen LogP contribution in [0.25, 0.3) is 0 Å². The standard InChI is InChI=1S/C11H25NO6/c1-2-3-12(10(4-13,5-14)6-15)11(7-16,8-17)9-18/h13-18H,2-9H2,1H3. The highest BCUT2D eigenvalue weighted by Crippen LogP contribution is 2.26. The van der Waals surface area contributed by atoms with Gasteiger partial charge < -0.3 is 30.6 Å². The summed E-state index contributed by atoms with van der Waals surface area (Å²) >= 11 is 0. The van der Waals surface area contributed by atoms with E-state index in [9.17, 15) is 30.6 Å². The summed E-state index contributed by atoms with van der Waals surface area (Å²) in [5, 5.41) is 56.5. The molecule has 0 atom stereocenters. The van der Waals surface area contributed by atoms with E-state index in [1.807, 2.05) is 6.92 Å². The van der Waals surface area contributed by atoms with Crippen LogP contribution >= 0.6 is 0 Å². The summed E-state index contributed by atoms with van der Waals surface area (Å²) < 4.78 is 0. The van der Waals surface area contributed by atoms with Gasteiger partial charge in [0.05, 0.1) is 50.7 Å². The van der Waals surface area contributed by atoms with E-state index in [0.29, 0.717) is 13.0 Å². The van der Waals surface area contributed by atoms with Crippen LogP contribution in [-0.4, -0.2) is 92.8 Å². The van der Waals surface area contributed by atoms with Gasteiger partial charge in [0, 0.05) is 0 Å². The van der Waals surface area contributed by atoms with Gasteiger partial charge in [0.25, 0.3) is 0 Å². The normalized spacial score (nSPS) is 13.3. The Labute approximate surface area is 107 Å². The van der Waals surface area contributed by atoms with Crippen molar-refractivity contribution in [2.24, 2.45) is 0 Å². The fourth-order valence-electron chi connectivity index (χ4n) is 2.01. The van der Waals surface area contributed by atoms with Crippen molar-refractivity contribution in [1.82, 2.24) is 4.90 Å². The molecule has 0 saturated heterocycles. The lowest BCUT2D eigenvalue weighted by Gasteiger charge is -2.50. The van der Waals surface area contributed by atoms with Crippen molar-refractivity contribution in [2.75, 3.05) is 46.2 Å². The van der Waals surface area contributed by atoms with Gasteiger partial charge in [0.1, 0.15) is 0 Å². The van der Waals surface area contributed by atoms with Crippen molar-refractivity contribution < 1.29 is 30.6 Å². The first-order valence-corrected chi connectivity index (χ1v) is 5.99. The average molecular weight is 267 g/mol. The first-order valence-electron chi connectivity index (χ1n) is 5.99. The highest BCUT2D eigenvalue weighted by Gasteiger charge is 2.47. The van der Waals surface area contributed by atoms with Crippen LogP contribution in [0.3, 0.4) is 0 Å². The van der Waals surface area contributed by atoms with E-state index < -0.39 is 50.7 Å². The third-order valence-electron chi connectivity index (χ3n) is 3.36. The topological polar surface area (TPSA) is 125 Å². The zero-order chi connectivity index (χ0) is 14.2. The number of aliphatic hydroxyl groups excluding tert-OH is 6. The Morgan fingerprint density at radius 3 is 1.11 bits per heavy atom. The van der Waals surface area contributed by atoms with Crippen molar-refractivity contribution >= 4 is 0 Å². The Kier molecular flexibility index (Phi) is 7.88. The Hall–Kier alpha value is -0.280. The molecule has 0 fully saturated rings. The van der Waals surface area contributed by atoms with E-state index in [4.69, 9.17) is 0 Å². The molecule has 110 valence electrons. The maximum absolute atomic E-state index is 9.42. The van der Waals surface area contributed by atoms with E-state index in [1.165, 1.54) is 4.90 Å². The molecule has 7 nitrogen and oxygen atoms in total. The lowest BCUT2D eigenvalue weighted by molar-refractivity contribution is -0.144. The van der Waals surface area contributed by atoms with Gasteiger partial charge in [-0.25, -0.2) is 0 Å². The van der Waals surface area contributed by atoms with Crippen LogP contribution in [-0.2, 0) is 0 Å². The summed E-state index contributed by atoms with van der Waals surface area (Å²) in [7, 11) is 0. The van der Waals surface area contributed by atoms with Gasteiger partial charge in [-0.2, -0.15) is 0 Å². The van der Waals surface area contributed by atoms with Crippen LogP contribution in [0.1, 0.15) is 13.3 Å². The third kappa shape index (κ3) is 3.18. The van der Waals surface area contributed by atoms with E-state index >= 15 is 0 Å². The molecule has 18 heavy (non-hydrogen) atoms. The Bertz CT molecular complexity index is 181. The van der Waals surface area contributed by atoms with Gasteiger partial charge in [-0.15, -0.1) is 0 Å². The molecule has 0 amide bonds. The second-order valence-electron chi connectivity index (χ2n) is 4.55. The van der Waals surface area contributed by atoms with E-state index in [2.05, 4.69) is 0 Å². The Morgan fingerprint density at radius 1 is 0.667 bits per heavy atom. The maximum atomic E-state index is 9.42. The quantitative estimate of drug-likeness (QED) is 0.251. The van der Waals surface area contributed by atoms with Crippen LogP contribution in [0, 0.1) is 0 Å². The molecule has 0 aliphatic rings. The summed E-state index contributed by atoms with van der Waals surface area (Å²) in [6.45, 7) is -1.19. The molecule has 0 heterocycles. The zero-order valence-electron chi connectivity index (χ0n) is 10.8. The summed E-state index contributed by atoms with van der Waals surface area (Å²) in [5.74, 6) is 0. The molecule has 0 bridgehead atoms. The predicted molar refractivity (Wildman–Crippen MR) is 65.0 cm³/mol. The lowest BCUT2D eigenvalue weighted by atomic mass is 9.90. The van der Waals surface area contributed by atoms with Crippen molar-refractivity contribution in [1.29, 1.82) is 0 Å². The SMILES string of the molecule is CCCN(C(CO)(CO)CO)C(CO)(CO)CO. The third-order valence-corrected chi connectivity index (χ3v) is 3.36. The molecule has 0 radical (unpaired) electrons. The van der Waals surface area contributed by atoms with Crippen LogP contribution in [0.15, 0.2) is 0 Å². The lowest BCUT2D eigenvalue weighted by Crippen LogP contribution is -2.70. The van der Waals surface area contributed by atoms with Crippen molar-refractivity contribution in [2.45, 2.75) is 24.4 Å². The van der Waals surface area contributed by atoms with E-state index in [0.717, 1.165) is 0 Å². The molecule has 0 aliphatic carbocycles. The number of aliphatic hydroxyl groups is 6. The molecule has 0 rings (SSSR count). The van der Waals surface area contributed by atoms with Gasteiger partial charge in [0.2, 0.25) is 0 Å². The molecular formula is C11H25NO6. The largest absolute Gasteiger partial charge is 0.394 e. The highest BCUT2D eigenvalue weighted by atomic mass is 16.3. The monoisotopic (exact) mass is 267 g/mol. The summed E-state index contributed by atoms with van der Waals surface area (Å²) in [6.07, 6.45) is 0.601. The van der Waals surface area contributed by atoms with Gasteiger partial charge >= 0.3 is 0 Å². The maximum Gasteiger partial charge on any atom is 0.0913 e. The minimum atomic E-state index is -1.40. The molecular weight excluding hydrogens is 242 g/mol. The average Bonchev–Trinajstić information content (AvgIpc) is 2.44. The predicted octanol–water partition coefficient (Wildman–Crippen LogP) is -2.87. The zero-order valence-corrected chi connectivity index (χ0v) is 10.8. The van der Waals surface area contributed by atoms with Gasteiger partial charge in [-0.1, -0.05) is 6.92 Å². The van der Waals surface area contributed by atoms with Crippen molar-refractivity contribution in [3.8, 4) is 0 Å². The van der Waals surface area contributed by atoms with Crippen molar-refractivity contribution in [3.63, 3.8) is 0 Å². The molecule has 0 aromatic carbocycles. The molecule has 0 aromatic heterocycles. The number of nitrogens with zero attached hydrogens (tertiary/aromatic N) is 1. The second kappa shape index (κ2) is 8.00. The molecule has 0 saturated carbocycles. The fraction of sp³-hybridized carbons (Fsp3) is 1.00. The van der Waals surface area contributed by atoms with Crippen molar-refractivity contribution in [3.05, 3.63) is 0 Å². The van der Waals surface area contributed by atoms with Crippen LogP contribution in [0.2, 0.25) is 0 Å². The molecule has 0 aliphatic heterocycles. The smallest absolute Gasteiger partial charge is 0.0913 e. The van der Waals surface area contributed by atoms with Crippen LogP contribution in [0.5, 0.6) is 0 Å². The number of hydrogen-bond acceptors (Lipinski definition) is 7. The van der Waals surface area contributed by atoms with Crippen LogP contribution < -0.4 is 0 Å². The minimum absolute atomic E-state index is 0.295. The molecule has 6 N–H and O–H groups in total. The number of rotatable bonds is 10. The van der Waals surface area contributed by atoms with E-state index in [-0.39, 0.29) is 0 Å². The molecule has 0 spiro atoms. The summed E-state index contributed by atoms with van der Waals surface area (Å²) in [4.78, 5) is 1.39. The molecule has 0 unspecified atom stereocenters. The fourth-order valence-corrected chi connectivity index (χ4v) is 2.01. The molecule has 0 aromatic rings. The Balaban J connectivity index is 5.49. The van der Waals surface area contributed by atoms with Gasteiger partial charge in [0.15, 0.2) is 0 Å². The molecule has 7 heteroatoms. The summed E-state index contributed by atoms with van der Waals surface area (Å²) in [6, 6.07) is 0.